The van der Waals surface area contributed by atoms with Crippen LogP contribution in [-0.4, -0.2) is 35.4 Å². The number of hydrogen-bond donors (Lipinski definition) is 1. The molecule has 0 radical (unpaired) electrons. The standard InChI is InChI=1S/C26H26ClFN2O5/c1-2-34-22-14-17(13-21(27)23(22)35-15-16-8-10-18(28)11-9-16)12-20-24(31)29-26(33)30(25(20)32)19-6-4-3-5-7-19/h8-14,19H,2-7,15H2,1H3,(H,29,31,33). The van der Waals surface area contributed by atoms with Gasteiger partial charge < -0.3 is 9.47 Å². The van der Waals surface area contributed by atoms with Gasteiger partial charge in [-0.2, -0.15) is 0 Å². The molecule has 1 heterocycles. The molecule has 35 heavy (non-hydrogen) atoms. The van der Waals surface area contributed by atoms with Crippen molar-refractivity contribution in [1.82, 2.24) is 10.2 Å². The van der Waals surface area contributed by atoms with Crippen LogP contribution in [0.5, 0.6) is 11.5 Å². The van der Waals surface area contributed by atoms with Crippen LogP contribution in [0, 0.1) is 5.82 Å². The minimum atomic E-state index is -0.752. The first-order chi connectivity index (χ1) is 16.9. The third kappa shape index (κ3) is 5.65. The van der Waals surface area contributed by atoms with Gasteiger partial charge in [-0.3, -0.25) is 19.8 Å². The van der Waals surface area contributed by atoms with E-state index in [1.807, 2.05) is 0 Å². The van der Waals surface area contributed by atoms with E-state index in [-0.39, 0.29) is 29.1 Å². The minimum Gasteiger partial charge on any atom is -0.490 e. The van der Waals surface area contributed by atoms with Crippen LogP contribution in [-0.2, 0) is 16.2 Å². The topological polar surface area (TPSA) is 84.9 Å². The van der Waals surface area contributed by atoms with Gasteiger partial charge in [0, 0.05) is 6.04 Å². The third-order valence-corrected chi connectivity index (χ3v) is 6.29. The maximum Gasteiger partial charge on any atom is 0.331 e. The number of imide groups is 2. The molecule has 0 spiro atoms. The number of barbiturate groups is 1. The lowest BCUT2D eigenvalue weighted by Crippen LogP contribution is -2.58. The second-order valence-electron chi connectivity index (χ2n) is 8.46. The Labute approximate surface area is 207 Å². The highest BCUT2D eigenvalue weighted by atomic mass is 35.5. The molecule has 0 unspecified atom stereocenters. The Hall–Kier alpha value is -3.39. The Morgan fingerprint density at radius 3 is 2.49 bits per heavy atom. The lowest BCUT2D eigenvalue weighted by atomic mass is 9.93. The van der Waals surface area contributed by atoms with Crippen LogP contribution in [0.2, 0.25) is 5.02 Å². The van der Waals surface area contributed by atoms with E-state index in [1.165, 1.54) is 18.2 Å². The average Bonchev–Trinajstić information content (AvgIpc) is 2.83. The predicted molar refractivity (Wildman–Crippen MR) is 129 cm³/mol. The van der Waals surface area contributed by atoms with Crippen LogP contribution in [0.4, 0.5) is 9.18 Å². The zero-order valence-electron chi connectivity index (χ0n) is 19.3. The highest BCUT2D eigenvalue weighted by Crippen LogP contribution is 2.38. The summed E-state index contributed by atoms with van der Waals surface area (Å²) in [5, 5.41) is 2.50. The van der Waals surface area contributed by atoms with Crippen LogP contribution in [0.25, 0.3) is 6.08 Å². The fourth-order valence-electron chi connectivity index (χ4n) is 4.32. The van der Waals surface area contributed by atoms with Crippen molar-refractivity contribution in [3.63, 3.8) is 0 Å². The van der Waals surface area contributed by atoms with Gasteiger partial charge in [0.25, 0.3) is 11.8 Å². The van der Waals surface area contributed by atoms with Gasteiger partial charge in [0.1, 0.15) is 18.0 Å². The summed E-state index contributed by atoms with van der Waals surface area (Å²) in [5.74, 6) is -1.09. The monoisotopic (exact) mass is 500 g/mol. The van der Waals surface area contributed by atoms with Crippen LogP contribution >= 0.6 is 11.6 Å². The van der Waals surface area contributed by atoms with Gasteiger partial charge >= 0.3 is 6.03 Å². The fraction of sp³-hybridized carbons (Fsp3) is 0.346. The molecule has 2 aromatic carbocycles. The number of nitrogens with zero attached hydrogens (tertiary/aromatic N) is 1. The van der Waals surface area contributed by atoms with Gasteiger partial charge in [-0.05, 0) is 61.2 Å². The molecule has 0 bridgehead atoms. The molecule has 2 aliphatic rings. The first-order valence-corrected chi connectivity index (χ1v) is 12.0. The summed E-state index contributed by atoms with van der Waals surface area (Å²) in [6.07, 6.45) is 5.78. The molecule has 4 rings (SSSR count). The number of halogens is 2. The molecule has 7 nitrogen and oxygen atoms in total. The molecule has 1 N–H and O–H groups in total. The number of benzene rings is 2. The Bertz CT molecular complexity index is 1160. The fourth-order valence-corrected chi connectivity index (χ4v) is 4.59. The summed E-state index contributed by atoms with van der Waals surface area (Å²) >= 11 is 6.48. The van der Waals surface area contributed by atoms with Gasteiger partial charge in [-0.25, -0.2) is 9.18 Å². The van der Waals surface area contributed by atoms with E-state index >= 15 is 0 Å². The van der Waals surface area contributed by atoms with E-state index in [1.54, 1.807) is 31.2 Å². The molecule has 0 aromatic heterocycles. The van der Waals surface area contributed by atoms with Crippen molar-refractivity contribution < 1.29 is 28.2 Å². The van der Waals surface area contributed by atoms with Crippen molar-refractivity contribution in [2.75, 3.05) is 6.61 Å². The van der Waals surface area contributed by atoms with Gasteiger partial charge in [-0.15, -0.1) is 0 Å². The van der Waals surface area contributed by atoms with Crippen molar-refractivity contribution in [2.45, 2.75) is 51.7 Å². The summed E-state index contributed by atoms with van der Waals surface area (Å²) in [4.78, 5) is 39.3. The molecule has 184 valence electrons. The molecule has 1 aliphatic heterocycles. The molecule has 4 amide bonds. The lowest BCUT2D eigenvalue weighted by molar-refractivity contribution is -0.132. The number of urea groups is 1. The predicted octanol–water partition coefficient (Wildman–Crippen LogP) is 5.25. The number of nitrogens with one attached hydrogen (secondary N) is 1. The highest BCUT2D eigenvalue weighted by molar-refractivity contribution is 6.33. The van der Waals surface area contributed by atoms with Crippen molar-refractivity contribution in [3.8, 4) is 11.5 Å². The van der Waals surface area contributed by atoms with Gasteiger partial charge in [0.05, 0.1) is 11.6 Å². The summed E-state index contributed by atoms with van der Waals surface area (Å²) in [6.45, 7) is 2.26. The van der Waals surface area contributed by atoms with E-state index < -0.39 is 17.8 Å². The summed E-state index contributed by atoms with van der Waals surface area (Å²) in [6, 6.07) is 8.16. The van der Waals surface area contributed by atoms with E-state index in [2.05, 4.69) is 5.32 Å². The zero-order valence-corrected chi connectivity index (χ0v) is 20.1. The second-order valence-corrected chi connectivity index (χ2v) is 8.87. The van der Waals surface area contributed by atoms with E-state index in [0.29, 0.717) is 23.7 Å². The van der Waals surface area contributed by atoms with Crippen LogP contribution in [0.3, 0.4) is 0 Å². The Kier molecular flexibility index (Phi) is 7.70. The number of carbonyl (C=O) groups is 3. The number of carbonyl (C=O) groups excluding carboxylic acids is 3. The number of ether oxygens (including phenoxy) is 2. The zero-order chi connectivity index (χ0) is 24.9. The Morgan fingerprint density at radius 2 is 1.80 bits per heavy atom. The van der Waals surface area contributed by atoms with Gasteiger partial charge in [-0.1, -0.05) is 43.0 Å². The molecule has 0 atom stereocenters. The number of hydrogen-bond acceptors (Lipinski definition) is 5. The first-order valence-electron chi connectivity index (χ1n) is 11.6. The van der Waals surface area contributed by atoms with Crippen molar-refractivity contribution in [1.29, 1.82) is 0 Å². The maximum absolute atomic E-state index is 13.2. The first kappa shape index (κ1) is 24.7. The van der Waals surface area contributed by atoms with Crippen LogP contribution in [0.1, 0.15) is 50.2 Å². The normalized spacial score (nSPS) is 18.1. The third-order valence-electron chi connectivity index (χ3n) is 6.01. The van der Waals surface area contributed by atoms with Crippen LogP contribution < -0.4 is 14.8 Å². The van der Waals surface area contributed by atoms with Crippen molar-refractivity contribution in [2.24, 2.45) is 0 Å². The lowest BCUT2D eigenvalue weighted by Gasteiger charge is -2.35. The molecule has 2 fully saturated rings. The maximum atomic E-state index is 13.2. The summed E-state index contributed by atoms with van der Waals surface area (Å²) < 4.78 is 24.7. The Balaban J connectivity index is 1.61. The smallest absolute Gasteiger partial charge is 0.331 e. The summed E-state index contributed by atoms with van der Waals surface area (Å²) in [5.41, 5.74) is 1.05. The quantitative estimate of drug-likeness (QED) is 0.414. The molecular weight excluding hydrogens is 475 g/mol. The molecule has 1 saturated carbocycles. The Morgan fingerprint density at radius 1 is 1.09 bits per heavy atom. The average molecular weight is 501 g/mol. The van der Waals surface area contributed by atoms with Gasteiger partial charge in [0.2, 0.25) is 0 Å². The molecule has 2 aromatic rings. The molecule has 9 heteroatoms. The van der Waals surface area contributed by atoms with Crippen molar-refractivity contribution in [3.05, 3.63) is 63.9 Å². The molecular formula is C26H26ClFN2O5. The van der Waals surface area contributed by atoms with Gasteiger partial charge in [0.15, 0.2) is 11.5 Å². The number of amides is 4. The highest BCUT2D eigenvalue weighted by Gasteiger charge is 2.40. The SMILES string of the molecule is CCOc1cc(C=C2C(=O)NC(=O)N(C3CCCCC3)C2=O)cc(Cl)c1OCc1ccc(F)cc1. The van der Waals surface area contributed by atoms with E-state index in [9.17, 15) is 18.8 Å². The summed E-state index contributed by atoms with van der Waals surface area (Å²) in [7, 11) is 0. The molecule has 1 saturated heterocycles. The van der Waals surface area contributed by atoms with Crippen LogP contribution in [0.15, 0.2) is 42.0 Å². The van der Waals surface area contributed by atoms with Crippen molar-refractivity contribution >= 4 is 35.5 Å². The largest absolute Gasteiger partial charge is 0.490 e. The molecule has 1 aliphatic carbocycles. The second kappa shape index (κ2) is 10.9. The number of rotatable bonds is 7. The van der Waals surface area contributed by atoms with E-state index in [4.69, 9.17) is 21.1 Å². The minimum absolute atomic E-state index is 0.139. The van der Waals surface area contributed by atoms with E-state index in [0.717, 1.165) is 42.6 Å².